The van der Waals surface area contributed by atoms with Crippen LogP contribution in [-0.4, -0.2) is 59.5 Å². The maximum absolute atomic E-state index is 13.1. The third-order valence-electron chi connectivity index (χ3n) is 6.46. The Morgan fingerprint density at radius 1 is 1.00 bits per heavy atom. The lowest BCUT2D eigenvalue weighted by Crippen LogP contribution is -2.47. The highest BCUT2D eigenvalue weighted by atomic mass is 19.4. The van der Waals surface area contributed by atoms with Crippen molar-refractivity contribution in [3.05, 3.63) is 75.0 Å². The van der Waals surface area contributed by atoms with E-state index >= 15 is 0 Å². The van der Waals surface area contributed by atoms with Crippen LogP contribution in [0, 0.1) is 13.8 Å². The van der Waals surface area contributed by atoms with E-state index in [-0.39, 0.29) is 17.9 Å². The minimum absolute atomic E-state index is 0.214. The van der Waals surface area contributed by atoms with Crippen LogP contribution in [0.2, 0.25) is 0 Å². The van der Waals surface area contributed by atoms with Crippen LogP contribution in [0.15, 0.2) is 56.9 Å². The molecule has 3 aromatic rings. The van der Waals surface area contributed by atoms with Gasteiger partial charge in [0.25, 0.3) is 5.56 Å². The lowest BCUT2D eigenvalue weighted by atomic mass is 10.2. The van der Waals surface area contributed by atoms with Gasteiger partial charge in [-0.2, -0.15) is 13.2 Å². The summed E-state index contributed by atoms with van der Waals surface area (Å²) in [5.41, 5.74) is 1.62. The molecule has 1 fully saturated rings. The van der Waals surface area contributed by atoms with Gasteiger partial charge >= 0.3 is 11.9 Å². The number of piperazine rings is 1. The molecule has 1 aromatic carbocycles. The number of hydrogen-bond donors (Lipinski definition) is 0. The standard InChI is InChI=1S/C25H29F3N4O4/c1-18-19(2)32(20-8-15-35-16-20)24(34)31(23(18)33)10-5-9-29-11-13-30(14-12-29)21-6-3-4-7-22(21)36-17-25(26,27)28/h3-4,6-8,15-16H,5,9-14,17H2,1-2H3. The predicted molar refractivity (Wildman–Crippen MR) is 129 cm³/mol. The Kier molecular flexibility index (Phi) is 7.58. The molecule has 0 saturated carbocycles. The number of anilines is 1. The van der Waals surface area contributed by atoms with Crippen LogP contribution in [0.4, 0.5) is 18.9 Å². The monoisotopic (exact) mass is 506 g/mol. The number of halogens is 3. The Balaban J connectivity index is 1.36. The van der Waals surface area contributed by atoms with E-state index in [1.165, 1.54) is 21.7 Å². The molecule has 4 rings (SSSR count). The number of ether oxygens (including phenoxy) is 1. The summed E-state index contributed by atoms with van der Waals surface area (Å²) in [6.45, 7) is 5.75. The molecule has 0 bridgehead atoms. The van der Waals surface area contributed by atoms with Crippen LogP contribution in [0.5, 0.6) is 5.75 Å². The van der Waals surface area contributed by atoms with Crippen LogP contribution < -0.4 is 20.9 Å². The topological polar surface area (TPSA) is 72.8 Å². The predicted octanol–water partition coefficient (Wildman–Crippen LogP) is 3.36. The van der Waals surface area contributed by atoms with Gasteiger partial charge < -0.3 is 14.1 Å². The molecular weight excluding hydrogens is 477 g/mol. The third kappa shape index (κ3) is 5.67. The van der Waals surface area contributed by atoms with Crippen molar-refractivity contribution >= 4 is 5.69 Å². The van der Waals surface area contributed by atoms with Crippen molar-refractivity contribution in [2.24, 2.45) is 0 Å². The molecular formula is C25H29F3N4O4. The summed E-state index contributed by atoms with van der Waals surface area (Å²) in [6.07, 6.45) is -0.846. The first-order valence-corrected chi connectivity index (χ1v) is 11.8. The van der Waals surface area contributed by atoms with Gasteiger partial charge in [0.15, 0.2) is 6.61 Å². The van der Waals surface area contributed by atoms with Crippen molar-refractivity contribution in [1.29, 1.82) is 0 Å². The van der Waals surface area contributed by atoms with Crippen LogP contribution in [0.3, 0.4) is 0 Å². The average molecular weight is 507 g/mol. The second kappa shape index (κ2) is 10.7. The summed E-state index contributed by atoms with van der Waals surface area (Å²) in [5, 5.41) is 0. The molecule has 36 heavy (non-hydrogen) atoms. The van der Waals surface area contributed by atoms with E-state index in [0.29, 0.717) is 61.8 Å². The minimum Gasteiger partial charge on any atom is -0.482 e. The number of nitrogens with zero attached hydrogens (tertiary/aromatic N) is 4. The molecule has 0 unspecified atom stereocenters. The van der Waals surface area contributed by atoms with Crippen molar-refractivity contribution in [2.75, 3.05) is 44.2 Å². The number of alkyl halides is 3. The first-order valence-electron chi connectivity index (χ1n) is 11.8. The molecule has 0 N–H and O–H groups in total. The molecule has 11 heteroatoms. The van der Waals surface area contributed by atoms with Crippen molar-refractivity contribution in [1.82, 2.24) is 14.0 Å². The molecule has 0 amide bonds. The van der Waals surface area contributed by atoms with Crippen LogP contribution in [0.1, 0.15) is 17.7 Å². The van der Waals surface area contributed by atoms with E-state index in [1.807, 2.05) is 4.90 Å². The molecule has 0 radical (unpaired) electrons. The number of furan rings is 1. The minimum atomic E-state index is -4.40. The molecule has 0 spiro atoms. The van der Waals surface area contributed by atoms with Gasteiger partial charge in [-0.3, -0.25) is 18.8 Å². The molecule has 1 aliphatic heterocycles. The smallest absolute Gasteiger partial charge is 0.422 e. The van der Waals surface area contributed by atoms with Crippen LogP contribution in [-0.2, 0) is 6.54 Å². The molecule has 1 saturated heterocycles. The maximum atomic E-state index is 13.1. The van der Waals surface area contributed by atoms with Crippen LogP contribution in [0.25, 0.3) is 5.69 Å². The number of para-hydroxylation sites is 2. The summed E-state index contributed by atoms with van der Waals surface area (Å²) in [5.74, 6) is 0.214. The first kappa shape index (κ1) is 25.6. The Morgan fingerprint density at radius 3 is 2.39 bits per heavy atom. The van der Waals surface area contributed by atoms with Gasteiger partial charge in [-0.15, -0.1) is 0 Å². The van der Waals surface area contributed by atoms with Crippen molar-refractivity contribution in [3.63, 3.8) is 0 Å². The zero-order valence-corrected chi connectivity index (χ0v) is 20.3. The molecule has 2 aromatic heterocycles. The van der Waals surface area contributed by atoms with E-state index in [4.69, 9.17) is 9.15 Å². The highest BCUT2D eigenvalue weighted by Gasteiger charge is 2.29. The molecule has 8 nitrogen and oxygen atoms in total. The largest absolute Gasteiger partial charge is 0.482 e. The normalized spacial score (nSPS) is 14.9. The fraction of sp³-hybridized carbons (Fsp3) is 0.440. The summed E-state index contributed by atoms with van der Waals surface area (Å²) >= 11 is 0. The first-order chi connectivity index (χ1) is 17.2. The third-order valence-corrected chi connectivity index (χ3v) is 6.46. The lowest BCUT2D eigenvalue weighted by molar-refractivity contribution is -0.153. The van der Waals surface area contributed by atoms with Gasteiger partial charge in [-0.1, -0.05) is 12.1 Å². The van der Waals surface area contributed by atoms with E-state index in [1.54, 1.807) is 44.2 Å². The number of benzene rings is 1. The fourth-order valence-corrected chi connectivity index (χ4v) is 4.43. The SMILES string of the molecule is Cc1c(C)n(-c2ccoc2)c(=O)n(CCCN2CCN(c3ccccc3OCC(F)(F)F)CC2)c1=O. The van der Waals surface area contributed by atoms with Gasteiger partial charge in [0.2, 0.25) is 0 Å². The number of aromatic nitrogens is 2. The second-order valence-corrected chi connectivity index (χ2v) is 8.82. The van der Waals surface area contributed by atoms with Crippen molar-refractivity contribution < 1.29 is 22.3 Å². The van der Waals surface area contributed by atoms with Crippen molar-refractivity contribution in [3.8, 4) is 11.4 Å². The quantitative estimate of drug-likeness (QED) is 0.467. The van der Waals surface area contributed by atoms with E-state index < -0.39 is 18.5 Å². The van der Waals surface area contributed by atoms with E-state index in [0.717, 1.165) is 0 Å². The van der Waals surface area contributed by atoms with Gasteiger partial charge in [0.1, 0.15) is 12.0 Å². The summed E-state index contributed by atoms with van der Waals surface area (Å²) < 4.78 is 50.7. The van der Waals surface area contributed by atoms with Gasteiger partial charge in [-0.25, -0.2) is 4.79 Å². The van der Waals surface area contributed by atoms with E-state index in [9.17, 15) is 22.8 Å². The Morgan fingerprint density at radius 2 is 1.72 bits per heavy atom. The molecule has 0 atom stereocenters. The van der Waals surface area contributed by atoms with Gasteiger partial charge in [0.05, 0.1) is 17.6 Å². The Bertz CT molecular complexity index is 1290. The highest BCUT2D eigenvalue weighted by Crippen LogP contribution is 2.30. The zero-order valence-electron chi connectivity index (χ0n) is 20.3. The van der Waals surface area contributed by atoms with Crippen molar-refractivity contribution in [2.45, 2.75) is 33.0 Å². The van der Waals surface area contributed by atoms with E-state index in [2.05, 4.69) is 4.90 Å². The Labute approximate surface area is 206 Å². The number of rotatable bonds is 8. The highest BCUT2D eigenvalue weighted by molar-refractivity contribution is 5.58. The Hall–Kier alpha value is -3.47. The fourth-order valence-electron chi connectivity index (χ4n) is 4.43. The van der Waals surface area contributed by atoms with Gasteiger partial charge in [-0.05, 0) is 38.9 Å². The summed E-state index contributed by atoms with van der Waals surface area (Å²) in [7, 11) is 0. The lowest BCUT2D eigenvalue weighted by Gasteiger charge is -2.36. The maximum Gasteiger partial charge on any atom is 0.422 e. The molecule has 1 aliphatic rings. The second-order valence-electron chi connectivity index (χ2n) is 8.82. The van der Waals surface area contributed by atoms with Crippen LogP contribution >= 0.6 is 0 Å². The molecule has 3 heterocycles. The summed E-state index contributed by atoms with van der Waals surface area (Å²) in [4.78, 5) is 30.1. The molecule has 194 valence electrons. The van der Waals surface area contributed by atoms with Gasteiger partial charge in [0, 0.05) is 50.0 Å². The number of hydrogen-bond acceptors (Lipinski definition) is 6. The average Bonchev–Trinajstić information content (AvgIpc) is 3.38. The zero-order chi connectivity index (χ0) is 25.9. The molecule has 0 aliphatic carbocycles. The summed E-state index contributed by atoms with van der Waals surface area (Å²) in [6, 6.07) is 8.42.